The fourth-order valence-electron chi connectivity index (χ4n) is 2.91. The number of nitrogens with zero attached hydrogens (tertiary/aromatic N) is 1. The lowest BCUT2D eigenvalue weighted by Gasteiger charge is -2.34. The average Bonchev–Trinajstić information content (AvgIpc) is 2.36. The summed E-state index contributed by atoms with van der Waals surface area (Å²) in [5.41, 5.74) is 0. The summed E-state index contributed by atoms with van der Waals surface area (Å²) in [7, 11) is -7.38. The molecule has 2 atom stereocenters. The summed E-state index contributed by atoms with van der Waals surface area (Å²) in [5, 5.41) is 0. The molecule has 0 aromatic heterocycles. The van der Waals surface area contributed by atoms with E-state index in [4.69, 9.17) is 0 Å². The van der Waals surface area contributed by atoms with Gasteiger partial charge in [0.2, 0.25) is 10.0 Å². The van der Waals surface area contributed by atoms with Crippen molar-refractivity contribution in [1.82, 2.24) is 4.31 Å². The standard InChI is InChI=1S/C14H21NO4S2/c1-11-8-12(2)10-15(9-11)21(18,19)14-7-5-4-6-13(14)20(3,16)17/h4-7,11-12H,8-10H2,1-3H3/t11-,12-/m0/s1. The molecule has 0 unspecified atom stereocenters. The van der Waals surface area contributed by atoms with Gasteiger partial charge in [0.15, 0.2) is 9.84 Å². The van der Waals surface area contributed by atoms with E-state index in [2.05, 4.69) is 0 Å². The first-order valence-corrected chi connectivity index (χ1v) is 10.2. The second kappa shape index (κ2) is 5.70. The third kappa shape index (κ3) is 3.46. The van der Waals surface area contributed by atoms with Crippen molar-refractivity contribution < 1.29 is 16.8 Å². The molecule has 0 N–H and O–H groups in total. The van der Waals surface area contributed by atoms with Crippen LogP contribution in [0, 0.1) is 11.8 Å². The number of sulfone groups is 1. The first kappa shape index (κ1) is 16.5. The van der Waals surface area contributed by atoms with Crippen LogP contribution in [0.25, 0.3) is 0 Å². The van der Waals surface area contributed by atoms with Gasteiger partial charge in [-0.1, -0.05) is 26.0 Å². The maximum absolute atomic E-state index is 12.8. The number of piperidine rings is 1. The minimum absolute atomic E-state index is 0.117. The summed E-state index contributed by atoms with van der Waals surface area (Å²) in [6, 6.07) is 5.81. The molecule has 1 heterocycles. The predicted octanol–water partition coefficient (Wildman–Crippen LogP) is 1.76. The summed E-state index contributed by atoms with van der Waals surface area (Å²) < 4.78 is 50.7. The molecule has 5 nitrogen and oxygen atoms in total. The highest BCUT2D eigenvalue weighted by Gasteiger charge is 2.34. The fourth-order valence-corrected chi connectivity index (χ4v) is 6.19. The van der Waals surface area contributed by atoms with Crippen molar-refractivity contribution in [3.05, 3.63) is 24.3 Å². The van der Waals surface area contributed by atoms with E-state index < -0.39 is 19.9 Å². The van der Waals surface area contributed by atoms with Gasteiger partial charge < -0.3 is 0 Å². The number of sulfonamides is 1. The Balaban J connectivity index is 2.50. The molecule has 1 aromatic carbocycles. The minimum Gasteiger partial charge on any atom is -0.224 e. The van der Waals surface area contributed by atoms with Gasteiger partial charge in [0.05, 0.1) is 4.90 Å². The van der Waals surface area contributed by atoms with E-state index in [1.807, 2.05) is 13.8 Å². The van der Waals surface area contributed by atoms with Crippen LogP contribution in [0.4, 0.5) is 0 Å². The number of hydrogen-bond acceptors (Lipinski definition) is 4. The third-order valence-electron chi connectivity index (χ3n) is 3.70. The van der Waals surface area contributed by atoms with Crippen LogP contribution in [0.1, 0.15) is 20.3 Å². The Morgan fingerprint density at radius 1 is 0.952 bits per heavy atom. The molecular formula is C14H21NO4S2. The zero-order chi connectivity index (χ0) is 15.8. The molecule has 0 amide bonds. The third-order valence-corrected chi connectivity index (χ3v) is 6.88. The predicted molar refractivity (Wildman–Crippen MR) is 81.3 cm³/mol. The molecule has 1 fully saturated rings. The van der Waals surface area contributed by atoms with Crippen molar-refractivity contribution >= 4 is 19.9 Å². The maximum Gasteiger partial charge on any atom is 0.244 e. The Kier molecular flexibility index (Phi) is 4.46. The number of hydrogen-bond donors (Lipinski definition) is 0. The molecular weight excluding hydrogens is 310 g/mol. The summed E-state index contributed by atoms with van der Waals surface area (Å²) >= 11 is 0. The van der Waals surface area contributed by atoms with E-state index in [1.54, 1.807) is 6.07 Å². The maximum atomic E-state index is 12.8. The Labute approximate surface area is 126 Å². The number of benzene rings is 1. The van der Waals surface area contributed by atoms with Gasteiger partial charge in [-0.25, -0.2) is 16.8 Å². The Hall–Kier alpha value is -0.920. The zero-order valence-corrected chi connectivity index (χ0v) is 14.1. The quantitative estimate of drug-likeness (QED) is 0.846. The van der Waals surface area contributed by atoms with Crippen LogP contribution < -0.4 is 0 Å². The Bertz CT molecular complexity index is 715. The van der Waals surface area contributed by atoms with Crippen molar-refractivity contribution in [2.75, 3.05) is 19.3 Å². The van der Waals surface area contributed by atoms with Crippen molar-refractivity contribution in [2.24, 2.45) is 11.8 Å². The lowest BCUT2D eigenvalue weighted by Crippen LogP contribution is -2.42. The second-order valence-corrected chi connectivity index (χ2v) is 9.88. The Morgan fingerprint density at radius 2 is 1.43 bits per heavy atom. The van der Waals surface area contributed by atoms with Crippen LogP contribution in [-0.2, 0) is 19.9 Å². The average molecular weight is 331 g/mol. The molecule has 0 radical (unpaired) electrons. The van der Waals surface area contributed by atoms with Crippen LogP contribution in [0.2, 0.25) is 0 Å². The summed E-state index contributed by atoms with van der Waals surface area (Å²) in [4.78, 5) is -0.246. The monoisotopic (exact) mass is 331 g/mol. The van der Waals surface area contributed by atoms with E-state index in [0.717, 1.165) is 12.7 Å². The van der Waals surface area contributed by atoms with Crippen LogP contribution >= 0.6 is 0 Å². The highest BCUT2D eigenvalue weighted by molar-refractivity contribution is 7.93. The van der Waals surface area contributed by atoms with E-state index in [1.165, 1.54) is 22.5 Å². The van der Waals surface area contributed by atoms with Crippen molar-refractivity contribution in [1.29, 1.82) is 0 Å². The zero-order valence-electron chi connectivity index (χ0n) is 12.5. The molecule has 118 valence electrons. The van der Waals surface area contributed by atoms with E-state index in [-0.39, 0.29) is 21.6 Å². The van der Waals surface area contributed by atoms with Gasteiger partial charge in [0.25, 0.3) is 0 Å². The van der Waals surface area contributed by atoms with E-state index in [9.17, 15) is 16.8 Å². The first-order valence-electron chi connectivity index (χ1n) is 6.91. The minimum atomic E-state index is -3.79. The van der Waals surface area contributed by atoms with Crippen molar-refractivity contribution in [3.8, 4) is 0 Å². The van der Waals surface area contributed by atoms with Gasteiger partial charge in [0, 0.05) is 19.3 Å². The van der Waals surface area contributed by atoms with Gasteiger partial charge in [0.1, 0.15) is 4.90 Å². The SMILES string of the molecule is C[C@H]1C[C@H](C)CN(S(=O)(=O)c2ccccc2S(C)(=O)=O)C1. The van der Waals surface area contributed by atoms with Crippen molar-refractivity contribution in [3.63, 3.8) is 0 Å². The topological polar surface area (TPSA) is 71.5 Å². The molecule has 1 saturated heterocycles. The molecule has 1 aromatic rings. The van der Waals surface area contributed by atoms with Gasteiger partial charge in [-0.3, -0.25) is 0 Å². The Morgan fingerprint density at radius 3 is 1.90 bits per heavy atom. The molecule has 1 aliphatic rings. The van der Waals surface area contributed by atoms with Crippen LogP contribution in [0.15, 0.2) is 34.1 Å². The number of rotatable bonds is 3. The van der Waals surface area contributed by atoms with Crippen LogP contribution in [-0.4, -0.2) is 40.5 Å². The highest BCUT2D eigenvalue weighted by Crippen LogP contribution is 2.29. The normalized spacial score (nSPS) is 24.9. The van der Waals surface area contributed by atoms with Gasteiger partial charge in [-0.15, -0.1) is 0 Å². The lowest BCUT2D eigenvalue weighted by molar-refractivity contribution is 0.222. The highest BCUT2D eigenvalue weighted by atomic mass is 32.2. The van der Waals surface area contributed by atoms with Crippen molar-refractivity contribution in [2.45, 2.75) is 30.1 Å². The molecule has 0 aliphatic carbocycles. The molecule has 0 spiro atoms. The molecule has 21 heavy (non-hydrogen) atoms. The molecule has 2 rings (SSSR count). The first-order chi connectivity index (χ1) is 9.62. The molecule has 0 saturated carbocycles. The van der Waals surface area contributed by atoms with E-state index in [0.29, 0.717) is 13.1 Å². The largest absolute Gasteiger partial charge is 0.244 e. The molecule has 1 aliphatic heterocycles. The molecule has 7 heteroatoms. The van der Waals surface area contributed by atoms with Gasteiger partial charge >= 0.3 is 0 Å². The lowest BCUT2D eigenvalue weighted by atomic mass is 9.94. The molecule has 0 bridgehead atoms. The summed E-state index contributed by atoms with van der Waals surface area (Å²) in [5.74, 6) is 0.544. The fraction of sp³-hybridized carbons (Fsp3) is 0.571. The summed E-state index contributed by atoms with van der Waals surface area (Å²) in [6.07, 6.45) is 2.02. The van der Waals surface area contributed by atoms with Crippen LogP contribution in [0.3, 0.4) is 0 Å². The summed E-state index contributed by atoms with van der Waals surface area (Å²) in [6.45, 7) is 4.90. The second-order valence-electron chi connectivity index (χ2n) is 5.99. The van der Waals surface area contributed by atoms with Gasteiger partial charge in [-0.2, -0.15) is 4.31 Å². The van der Waals surface area contributed by atoms with Gasteiger partial charge in [-0.05, 0) is 30.4 Å². The van der Waals surface area contributed by atoms with Crippen LogP contribution in [0.5, 0.6) is 0 Å². The van der Waals surface area contributed by atoms with E-state index >= 15 is 0 Å². The smallest absolute Gasteiger partial charge is 0.224 e.